The molecule has 1 aromatic heterocycles. The number of nitrogens with zero attached hydrogens (tertiary/aromatic N) is 1. The summed E-state index contributed by atoms with van der Waals surface area (Å²) in [6.45, 7) is -0.390. The summed E-state index contributed by atoms with van der Waals surface area (Å²) in [5.41, 5.74) is 0.325. The summed E-state index contributed by atoms with van der Waals surface area (Å²) in [6, 6.07) is 2.63. The lowest BCUT2D eigenvalue weighted by Gasteiger charge is -2.27. The van der Waals surface area contributed by atoms with Crippen molar-refractivity contribution in [2.75, 3.05) is 20.8 Å². The first-order chi connectivity index (χ1) is 6.68. The lowest BCUT2D eigenvalue weighted by molar-refractivity contribution is -0.238. The van der Waals surface area contributed by atoms with Gasteiger partial charge in [0.15, 0.2) is 0 Å². The Bertz CT molecular complexity index is 276. The summed E-state index contributed by atoms with van der Waals surface area (Å²) in [5.74, 6) is -1.76. The van der Waals surface area contributed by atoms with Gasteiger partial charge < -0.3 is 14.6 Å². The van der Waals surface area contributed by atoms with E-state index in [0.29, 0.717) is 5.69 Å². The molecule has 0 aliphatic heterocycles. The Balaban J connectivity index is 3.05. The van der Waals surface area contributed by atoms with Crippen molar-refractivity contribution in [3.8, 4) is 0 Å². The Morgan fingerprint density at radius 2 is 2.07 bits per heavy atom. The molecule has 1 aromatic rings. The van der Waals surface area contributed by atoms with Crippen LogP contribution < -0.4 is 0 Å². The highest BCUT2D eigenvalue weighted by Crippen LogP contribution is 2.23. The summed E-state index contributed by atoms with van der Waals surface area (Å²) in [4.78, 5) is 3.78. The quantitative estimate of drug-likeness (QED) is 0.727. The van der Waals surface area contributed by atoms with E-state index in [-0.39, 0.29) is 0 Å². The number of rotatable bonds is 4. The molecule has 0 saturated heterocycles. The highest BCUT2D eigenvalue weighted by Gasteiger charge is 2.32. The van der Waals surface area contributed by atoms with Crippen molar-refractivity contribution in [1.29, 1.82) is 0 Å². The number of halogens is 1. The molecule has 0 unspecified atom stereocenters. The molecule has 0 radical (unpaired) electrons. The van der Waals surface area contributed by atoms with Crippen LogP contribution in [0.5, 0.6) is 0 Å². The maximum absolute atomic E-state index is 12.6. The lowest BCUT2D eigenvalue weighted by Crippen LogP contribution is -2.35. The van der Waals surface area contributed by atoms with Crippen LogP contribution in [0.25, 0.3) is 0 Å². The van der Waals surface area contributed by atoms with Gasteiger partial charge in [-0.3, -0.25) is 4.98 Å². The average Bonchev–Trinajstić information content (AvgIpc) is 2.24. The fourth-order valence-corrected chi connectivity index (χ4v) is 1.10. The second-order valence-corrected chi connectivity index (χ2v) is 2.68. The molecule has 1 N–H and O–H groups in total. The molecule has 14 heavy (non-hydrogen) atoms. The van der Waals surface area contributed by atoms with Crippen molar-refractivity contribution in [2.45, 2.75) is 5.79 Å². The van der Waals surface area contributed by atoms with Gasteiger partial charge in [0, 0.05) is 14.2 Å². The molecule has 0 fully saturated rings. The molecule has 0 aliphatic carbocycles. The third-order valence-electron chi connectivity index (χ3n) is 1.99. The van der Waals surface area contributed by atoms with Gasteiger partial charge in [-0.2, -0.15) is 0 Å². The van der Waals surface area contributed by atoms with Crippen LogP contribution in [-0.4, -0.2) is 30.9 Å². The first kappa shape index (κ1) is 11.0. The Hall–Kier alpha value is -1.04. The molecule has 1 heterocycles. The zero-order valence-corrected chi connectivity index (χ0v) is 8.03. The fourth-order valence-electron chi connectivity index (χ4n) is 1.10. The van der Waals surface area contributed by atoms with E-state index in [1.54, 1.807) is 0 Å². The standard InChI is InChI=1S/C9H12FNO3/c1-13-9(6-12,14-2)8-4-3-7(10)5-11-8/h3-5,12H,6H2,1-2H3. The molecular formula is C9H12FNO3. The van der Waals surface area contributed by atoms with E-state index in [1.807, 2.05) is 0 Å². The van der Waals surface area contributed by atoms with E-state index < -0.39 is 18.2 Å². The van der Waals surface area contributed by atoms with E-state index in [1.165, 1.54) is 26.4 Å². The maximum atomic E-state index is 12.6. The first-order valence-corrected chi connectivity index (χ1v) is 4.01. The number of hydrogen-bond acceptors (Lipinski definition) is 4. The van der Waals surface area contributed by atoms with Gasteiger partial charge in [0.2, 0.25) is 5.79 Å². The van der Waals surface area contributed by atoms with Gasteiger partial charge in [-0.05, 0) is 12.1 Å². The van der Waals surface area contributed by atoms with Crippen molar-refractivity contribution in [3.05, 3.63) is 29.8 Å². The second-order valence-electron chi connectivity index (χ2n) is 2.68. The molecule has 4 nitrogen and oxygen atoms in total. The number of aliphatic hydroxyl groups excluding tert-OH is 1. The number of ether oxygens (including phenoxy) is 2. The minimum atomic E-state index is -1.31. The highest BCUT2D eigenvalue weighted by atomic mass is 19.1. The molecular weight excluding hydrogens is 189 g/mol. The van der Waals surface area contributed by atoms with Crippen molar-refractivity contribution in [3.63, 3.8) is 0 Å². The SMILES string of the molecule is COC(CO)(OC)c1ccc(F)cn1. The van der Waals surface area contributed by atoms with E-state index in [4.69, 9.17) is 14.6 Å². The largest absolute Gasteiger partial charge is 0.390 e. The van der Waals surface area contributed by atoms with Crippen LogP contribution >= 0.6 is 0 Å². The Kier molecular flexibility index (Phi) is 3.51. The van der Waals surface area contributed by atoms with E-state index in [9.17, 15) is 4.39 Å². The van der Waals surface area contributed by atoms with Gasteiger partial charge in [0.25, 0.3) is 0 Å². The Labute approximate surface area is 81.3 Å². The molecule has 0 bridgehead atoms. The number of hydrogen-bond donors (Lipinski definition) is 1. The predicted octanol–water partition coefficient (Wildman–Crippen LogP) is 0.659. The van der Waals surface area contributed by atoms with Crippen LogP contribution in [0.4, 0.5) is 4.39 Å². The molecule has 0 atom stereocenters. The zero-order chi connectivity index (χ0) is 10.6. The van der Waals surface area contributed by atoms with Crippen LogP contribution in [0.15, 0.2) is 18.3 Å². The van der Waals surface area contributed by atoms with Gasteiger partial charge in [0.1, 0.15) is 18.1 Å². The molecule has 0 spiro atoms. The molecule has 0 amide bonds. The monoisotopic (exact) mass is 201 g/mol. The number of methoxy groups -OCH3 is 2. The average molecular weight is 201 g/mol. The zero-order valence-electron chi connectivity index (χ0n) is 8.03. The molecule has 0 aliphatic rings. The third-order valence-corrected chi connectivity index (χ3v) is 1.99. The van der Waals surface area contributed by atoms with Crippen molar-refractivity contribution < 1.29 is 19.0 Å². The number of aromatic nitrogens is 1. The van der Waals surface area contributed by atoms with Crippen LogP contribution in [0.2, 0.25) is 0 Å². The van der Waals surface area contributed by atoms with Gasteiger partial charge in [0.05, 0.1) is 6.20 Å². The molecule has 0 aromatic carbocycles. The van der Waals surface area contributed by atoms with Crippen molar-refractivity contribution in [1.82, 2.24) is 4.98 Å². The van der Waals surface area contributed by atoms with Gasteiger partial charge in [-0.1, -0.05) is 0 Å². The van der Waals surface area contributed by atoms with Crippen LogP contribution in [0.3, 0.4) is 0 Å². The third kappa shape index (κ3) is 1.89. The molecule has 78 valence electrons. The lowest BCUT2D eigenvalue weighted by atomic mass is 10.2. The number of aliphatic hydroxyl groups is 1. The second kappa shape index (κ2) is 4.45. The van der Waals surface area contributed by atoms with Gasteiger partial charge >= 0.3 is 0 Å². The highest BCUT2D eigenvalue weighted by molar-refractivity contribution is 5.11. The maximum Gasteiger partial charge on any atom is 0.235 e. The topological polar surface area (TPSA) is 51.6 Å². The van der Waals surface area contributed by atoms with E-state index >= 15 is 0 Å². The number of pyridine rings is 1. The Morgan fingerprint density at radius 3 is 2.43 bits per heavy atom. The van der Waals surface area contributed by atoms with Gasteiger partial charge in [-0.15, -0.1) is 0 Å². The normalized spacial score (nSPS) is 11.7. The Morgan fingerprint density at radius 1 is 1.43 bits per heavy atom. The first-order valence-electron chi connectivity index (χ1n) is 4.01. The predicted molar refractivity (Wildman–Crippen MR) is 47.0 cm³/mol. The molecule has 0 saturated carbocycles. The molecule has 5 heteroatoms. The van der Waals surface area contributed by atoms with E-state index in [0.717, 1.165) is 6.20 Å². The van der Waals surface area contributed by atoms with Crippen molar-refractivity contribution >= 4 is 0 Å². The molecule has 1 rings (SSSR count). The smallest absolute Gasteiger partial charge is 0.235 e. The van der Waals surface area contributed by atoms with Crippen molar-refractivity contribution in [2.24, 2.45) is 0 Å². The van der Waals surface area contributed by atoms with E-state index in [2.05, 4.69) is 4.98 Å². The van der Waals surface area contributed by atoms with Crippen LogP contribution in [0, 0.1) is 5.82 Å². The summed E-state index contributed by atoms with van der Waals surface area (Å²) >= 11 is 0. The fraction of sp³-hybridized carbons (Fsp3) is 0.444. The van der Waals surface area contributed by atoms with Crippen LogP contribution in [-0.2, 0) is 15.3 Å². The van der Waals surface area contributed by atoms with Crippen LogP contribution in [0.1, 0.15) is 5.69 Å². The summed E-state index contributed by atoms with van der Waals surface area (Å²) in [5, 5.41) is 9.12. The summed E-state index contributed by atoms with van der Waals surface area (Å²) in [7, 11) is 2.76. The summed E-state index contributed by atoms with van der Waals surface area (Å²) < 4.78 is 22.6. The summed E-state index contributed by atoms with van der Waals surface area (Å²) in [6.07, 6.45) is 1.04. The minimum absolute atomic E-state index is 0.325. The minimum Gasteiger partial charge on any atom is -0.390 e. The van der Waals surface area contributed by atoms with Gasteiger partial charge in [-0.25, -0.2) is 4.39 Å².